The van der Waals surface area contributed by atoms with Crippen LogP contribution in [-0.4, -0.2) is 88.8 Å². The molecule has 0 aliphatic carbocycles. The van der Waals surface area contributed by atoms with Crippen LogP contribution >= 0.6 is 0 Å². The number of benzene rings is 1. The van der Waals surface area contributed by atoms with Gasteiger partial charge in [-0.2, -0.15) is 5.10 Å². The van der Waals surface area contributed by atoms with E-state index in [1.165, 1.54) is 0 Å². The Balaban J connectivity index is 1.44. The molecule has 3 heterocycles. The number of aromatic amines is 1. The number of fused-ring (bicyclic) bond motifs is 1. The molecular formula is C21H27N5O4. The fourth-order valence-electron chi connectivity index (χ4n) is 4.35. The van der Waals surface area contributed by atoms with Crippen LogP contribution in [0.25, 0.3) is 10.8 Å². The van der Waals surface area contributed by atoms with Gasteiger partial charge in [-0.25, -0.2) is 9.89 Å². The molecular weight excluding hydrogens is 386 g/mol. The quantitative estimate of drug-likeness (QED) is 0.815. The van der Waals surface area contributed by atoms with E-state index in [0.29, 0.717) is 43.6 Å². The number of piperazine rings is 1. The molecule has 1 atom stereocenters. The van der Waals surface area contributed by atoms with Crippen molar-refractivity contribution in [2.75, 3.05) is 45.9 Å². The number of hydrogen-bond donors (Lipinski definition) is 1. The first-order valence-corrected chi connectivity index (χ1v) is 10.5. The third-order valence-electron chi connectivity index (χ3n) is 5.94. The van der Waals surface area contributed by atoms with E-state index in [9.17, 15) is 14.4 Å². The van der Waals surface area contributed by atoms with E-state index in [0.717, 1.165) is 25.9 Å². The molecule has 9 nitrogen and oxygen atoms in total. The zero-order chi connectivity index (χ0) is 21.1. The van der Waals surface area contributed by atoms with Crippen molar-refractivity contribution in [1.29, 1.82) is 0 Å². The number of nitrogens with zero attached hydrogens (tertiary/aromatic N) is 4. The molecule has 0 saturated carbocycles. The normalized spacial score (nSPS) is 20.4. The number of likely N-dealkylation sites (tertiary alicyclic amines) is 1. The number of carbonyl (C=O) groups is 2. The summed E-state index contributed by atoms with van der Waals surface area (Å²) < 4.78 is 5.09. The first-order valence-electron chi connectivity index (χ1n) is 10.5. The SMILES string of the molecule is CCOC(=O)N1CCN([C@H]2CCCN(C(=O)c3n[nH]c(=O)c4ccccc34)C2)CC1. The lowest BCUT2D eigenvalue weighted by molar-refractivity contribution is 0.0376. The number of hydrogen-bond acceptors (Lipinski definition) is 6. The second kappa shape index (κ2) is 8.83. The van der Waals surface area contributed by atoms with Gasteiger partial charge in [-0.3, -0.25) is 14.5 Å². The van der Waals surface area contributed by atoms with Gasteiger partial charge in [0.05, 0.1) is 12.0 Å². The van der Waals surface area contributed by atoms with E-state index in [1.54, 1.807) is 23.1 Å². The van der Waals surface area contributed by atoms with Gasteiger partial charge in [-0.15, -0.1) is 0 Å². The van der Waals surface area contributed by atoms with Crippen LogP contribution in [0, 0.1) is 0 Å². The Hall–Kier alpha value is -2.94. The Labute approximate surface area is 174 Å². The Morgan fingerprint density at radius 3 is 2.57 bits per heavy atom. The lowest BCUT2D eigenvalue weighted by atomic mass is 10.0. The summed E-state index contributed by atoms with van der Waals surface area (Å²) in [6.45, 7) is 6.29. The van der Waals surface area contributed by atoms with Crippen molar-refractivity contribution < 1.29 is 14.3 Å². The van der Waals surface area contributed by atoms with Crippen LogP contribution in [0.15, 0.2) is 29.1 Å². The van der Waals surface area contributed by atoms with Gasteiger partial charge >= 0.3 is 6.09 Å². The van der Waals surface area contributed by atoms with Crippen molar-refractivity contribution in [3.05, 3.63) is 40.3 Å². The van der Waals surface area contributed by atoms with Crippen molar-refractivity contribution in [3.8, 4) is 0 Å². The Bertz CT molecular complexity index is 983. The predicted octanol–water partition coefficient (Wildman–Crippen LogP) is 1.30. The fraction of sp³-hybridized carbons (Fsp3) is 0.524. The number of H-pyrrole nitrogens is 1. The summed E-state index contributed by atoms with van der Waals surface area (Å²) >= 11 is 0. The molecule has 30 heavy (non-hydrogen) atoms. The maximum absolute atomic E-state index is 13.2. The van der Waals surface area contributed by atoms with Crippen LogP contribution in [0.5, 0.6) is 0 Å². The summed E-state index contributed by atoms with van der Waals surface area (Å²) in [4.78, 5) is 43.1. The number of aromatic nitrogens is 2. The minimum absolute atomic E-state index is 0.155. The molecule has 160 valence electrons. The minimum Gasteiger partial charge on any atom is -0.450 e. The molecule has 2 aromatic rings. The summed E-state index contributed by atoms with van der Waals surface area (Å²) in [5.41, 5.74) is -0.00359. The van der Waals surface area contributed by atoms with Gasteiger partial charge in [-0.1, -0.05) is 18.2 Å². The van der Waals surface area contributed by atoms with Crippen LogP contribution in [0.2, 0.25) is 0 Å². The van der Waals surface area contributed by atoms with Crippen LogP contribution < -0.4 is 5.56 Å². The molecule has 0 spiro atoms. The molecule has 4 rings (SSSR count). The molecule has 1 aromatic carbocycles. The van der Waals surface area contributed by atoms with E-state index in [4.69, 9.17) is 4.74 Å². The molecule has 0 unspecified atom stereocenters. The second-order valence-electron chi connectivity index (χ2n) is 7.72. The molecule has 2 fully saturated rings. The Morgan fingerprint density at radius 1 is 1.10 bits per heavy atom. The van der Waals surface area contributed by atoms with Gasteiger partial charge in [0.1, 0.15) is 0 Å². The summed E-state index contributed by atoms with van der Waals surface area (Å²) in [5.74, 6) is -0.155. The van der Waals surface area contributed by atoms with Gasteiger partial charge < -0.3 is 14.5 Å². The number of nitrogens with one attached hydrogen (secondary N) is 1. The number of carbonyl (C=O) groups excluding carboxylic acids is 2. The van der Waals surface area contributed by atoms with Crippen molar-refractivity contribution in [1.82, 2.24) is 24.9 Å². The molecule has 2 aliphatic heterocycles. The second-order valence-corrected chi connectivity index (χ2v) is 7.72. The highest BCUT2D eigenvalue weighted by Crippen LogP contribution is 2.21. The van der Waals surface area contributed by atoms with E-state index in [2.05, 4.69) is 15.1 Å². The van der Waals surface area contributed by atoms with E-state index in [1.807, 2.05) is 17.9 Å². The van der Waals surface area contributed by atoms with Crippen LogP contribution in [0.4, 0.5) is 4.79 Å². The van der Waals surface area contributed by atoms with Gasteiger partial charge in [0.15, 0.2) is 5.69 Å². The van der Waals surface area contributed by atoms with E-state index >= 15 is 0 Å². The van der Waals surface area contributed by atoms with E-state index < -0.39 is 0 Å². The highest BCUT2D eigenvalue weighted by Gasteiger charge is 2.32. The van der Waals surface area contributed by atoms with Crippen molar-refractivity contribution in [3.63, 3.8) is 0 Å². The molecule has 9 heteroatoms. The van der Waals surface area contributed by atoms with Gasteiger partial charge in [0.2, 0.25) is 0 Å². The van der Waals surface area contributed by atoms with Gasteiger partial charge in [0, 0.05) is 50.7 Å². The first-order chi connectivity index (χ1) is 14.6. The number of piperidine rings is 1. The van der Waals surface area contributed by atoms with Crippen molar-refractivity contribution in [2.45, 2.75) is 25.8 Å². The van der Waals surface area contributed by atoms with Crippen molar-refractivity contribution >= 4 is 22.8 Å². The molecule has 2 amide bonds. The Kier molecular flexibility index (Phi) is 5.98. The largest absolute Gasteiger partial charge is 0.450 e. The predicted molar refractivity (Wildman–Crippen MR) is 111 cm³/mol. The van der Waals surface area contributed by atoms with Crippen LogP contribution in [0.1, 0.15) is 30.3 Å². The minimum atomic E-state index is -0.293. The molecule has 1 N–H and O–H groups in total. The average molecular weight is 413 g/mol. The lowest BCUT2D eigenvalue weighted by Crippen LogP contribution is -2.56. The zero-order valence-electron chi connectivity index (χ0n) is 17.2. The summed E-state index contributed by atoms with van der Waals surface area (Å²) in [6, 6.07) is 7.30. The molecule has 0 radical (unpaired) electrons. The number of amides is 2. The molecule has 2 aliphatic rings. The molecule has 1 aromatic heterocycles. The highest BCUT2D eigenvalue weighted by atomic mass is 16.6. The summed E-state index contributed by atoms with van der Waals surface area (Å²) in [5, 5.41) is 7.57. The third kappa shape index (κ3) is 4.02. The summed E-state index contributed by atoms with van der Waals surface area (Å²) in [7, 11) is 0. The fourth-order valence-corrected chi connectivity index (χ4v) is 4.35. The summed E-state index contributed by atoms with van der Waals surface area (Å²) in [6.07, 6.45) is 1.67. The van der Waals surface area contributed by atoms with Gasteiger partial charge in [-0.05, 0) is 25.8 Å². The third-order valence-corrected chi connectivity index (χ3v) is 5.94. The van der Waals surface area contributed by atoms with Crippen molar-refractivity contribution in [2.24, 2.45) is 0 Å². The number of ether oxygens (including phenoxy) is 1. The van der Waals surface area contributed by atoms with Gasteiger partial charge in [0.25, 0.3) is 11.5 Å². The zero-order valence-corrected chi connectivity index (χ0v) is 17.2. The first kappa shape index (κ1) is 20.3. The standard InChI is InChI=1S/C21H27N5O4/c1-2-30-21(29)25-12-10-24(11-13-25)15-6-5-9-26(14-15)20(28)18-16-7-3-4-8-17(16)19(27)23-22-18/h3-4,7-8,15H,2,5-6,9-14H2,1H3,(H,23,27)/t15-/m0/s1. The maximum atomic E-state index is 13.2. The Morgan fingerprint density at radius 2 is 1.83 bits per heavy atom. The number of rotatable bonds is 3. The topological polar surface area (TPSA) is 98.8 Å². The highest BCUT2D eigenvalue weighted by molar-refractivity contribution is 6.04. The van der Waals surface area contributed by atoms with Crippen LogP contribution in [0.3, 0.4) is 0 Å². The molecule has 2 saturated heterocycles. The maximum Gasteiger partial charge on any atom is 0.409 e. The smallest absolute Gasteiger partial charge is 0.409 e. The molecule has 0 bridgehead atoms. The van der Waals surface area contributed by atoms with E-state index in [-0.39, 0.29) is 29.3 Å². The van der Waals surface area contributed by atoms with Crippen LogP contribution in [-0.2, 0) is 4.74 Å². The monoisotopic (exact) mass is 413 g/mol. The average Bonchev–Trinajstić information content (AvgIpc) is 2.79. The lowest BCUT2D eigenvalue weighted by Gasteiger charge is -2.43.